The van der Waals surface area contributed by atoms with Gasteiger partial charge in [0.1, 0.15) is 11.5 Å². The number of hydrogen-bond donors (Lipinski definition) is 1. The normalized spacial score (nSPS) is 22.6. The third kappa shape index (κ3) is 3.98. The quantitative estimate of drug-likeness (QED) is 0.579. The molecule has 3 fully saturated rings. The molecule has 2 aromatic heterocycles. The molecule has 2 amide bonds. The monoisotopic (exact) mass is 500 g/mol. The zero-order chi connectivity index (χ0) is 24.2. The van der Waals surface area contributed by atoms with E-state index in [2.05, 4.69) is 10.2 Å². The zero-order valence-corrected chi connectivity index (χ0v) is 20.8. The number of rotatable bonds is 4. The van der Waals surface area contributed by atoms with E-state index in [9.17, 15) is 9.59 Å². The topological polar surface area (TPSA) is 74.8 Å². The Morgan fingerprint density at radius 3 is 2.61 bits per heavy atom. The molecule has 5 heterocycles. The van der Waals surface area contributed by atoms with Crippen molar-refractivity contribution in [2.24, 2.45) is 0 Å². The SMILES string of the molecule is O=C(NC1CC1)c1cc2c(s1)-c1ccccc1N(C(=O)c1cccc(N3CC4CCC(C3)O4)n1)CC2. The van der Waals surface area contributed by atoms with Gasteiger partial charge < -0.3 is 19.9 Å². The Bertz CT molecular complexity index is 1340. The first-order chi connectivity index (χ1) is 17.6. The molecular formula is C28H28N4O3S. The summed E-state index contributed by atoms with van der Waals surface area (Å²) in [6, 6.07) is 16.1. The number of nitrogens with zero attached hydrogens (tertiary/aromatic N) is 3. The molecule has 36 heavy (non-hydrogen) atoms. The van der Waals surface area contributed by atoms with Gasteiger partial charge in [-0.3, -0.25) is 9.59 Å². The molecule has 0 radical (unpaired) electrons. The highest BCUT2D eigenvalue weighted by atomic mass is 32.1. The van der Waals surface area contributed by atoms with E-state index in [0.717, 1.165) is 71.2 Å². The molecule has 184 valence electrons. The Morgan fingerprint density at radius 1 is 1.00 bits per heavy atom. The summed E-state index contributed by atoms with van der Waals surface area (Å²) in [6.45, 7) is 2.19. The molecule has 4 aliphatic rings. The number of hydrogen-bond acceptors (Lipinski definition) is 6. The maximum absolute atomic E-state index is 13.8. The number of fused-ring (bicyclic) bond motifs is 5. The average molecular weight is 501 g/mol. The van der Waals surface area contributed by atoms with Crippen molar-refractivity contribution < 1.29 is 14.3 Å². The summed E-state index contributed by atoms with van der Waals surface area (Å²) >= 11 is 1.52. The number of carbonyl (C=O) groups is 2. The maximum atomic E-state index is 13.8. The van der Waals surface area contributed by atoms with Crippen LogP contribution in [0.2, 0.25) is 0 Å². The molecule has 2 atom stereocenters. The molecule has 7 rings (SSSR count). The second-order valence-electron chi connectivity index (χ2n) is 10.2. The first-order valence-corrected chi connectivity index (χ1v) is 13.7. The van der Waals surface area contributed by atoms with E-state index < -0.39 is 0 Å². The highest BCUT2D eigenvalue weighted by Crippen LogP contribution is 2.42. The fraction of sp³-hybridized carbons (Fsp3) is 0.393. The lowest BCUT2D eigenvalue weighted by atomic mass is 10.1. The molecule has 2 saturated heterocycles. The summed E-state index contributed by atoms with van der Waals surface area (Å²) in [6.07, 6.45) is 5.54. The molecule has 3 aliphatic heterocycles. The first kappa shape index (κ1) is 22.0. The Kier molecular flexibility index (Phi) is 5.32. The van der Waals surface area contributed by atoms with Crippen molar-refractivity contribution in [3.8, 4) is 10.4 Å². The number of carbonyl (C=O) groups excluding carboxylic acids is 2. The van der Waals surface area contributed by atoms with Crippen molar-refractivity contribution >= 4 is 34.7 Å². The molecule has 2 bridgehead atoms. The van der Waals surface area contributed by atoms with Gasteiger partial charge in [-0.1, -0.05) is 24.3 Å². The van der Waals surface area contributed by atoms with Crippen molar-refractivity contribution in [2.45, 2.75) is 50.4 Å². The van der Waals surface area contributed by atoms with Crippen LogP contribution in [0.1, 0.15) is 51.4 Å². The maximum Gasteiger partial charge on any atom is 0.276 e. The number of benzene rings is 1. The van der Waals surface area contributed by atoms with Crippen LogP contribution in [-0.2, 0) is 11.2 Å². The van der Waals surface area contributed by atoms with Crippen LogP contribution in [0.25, 0.3) is 10.4 Å². The van der Waals surface area contributed by atoms with Crippen LogP contribution in [0.5, 0.6) is 0 Å². The highest BCUT2D eigenvalue weighted by molar-refractivity contribution is 7.17. The van der Waals surface area contributed by atoms with Gasteiger partial charge in [-0.2, -0.15) is 0 Å². The number of aromatic nitrogens is 1. The van der Waals surface area contributed by atoms with Crippen molar-refractivity contribution in [3.63, 3.8) is 0 Å². The Balaban J connectivity index is 1.18. The van der Waals surface area contributed by atoms with Crippen molar-refractivity contribution in [1.82, 2.24) is 10.3 Å². The predicted molar refractivity (Wildman–Crippen MR) is 140 cm³/mol. The summed E-state index contributed by atoms with van der Waals surface area (Å²) in [5.41, 5.74) is 3.44. The molecule has 1 N–H and O–H groups in total. The van der Waals surface area contributed by atoms with Crippen LogP contribution in [-0.4, -0.2) is 54.7 Å². The molecule has 7 nitrogen and oxygen atoms in total. The summed E-state index contributed by atoms with van der Waals surface area (Å²) in [5, 5.41) is 3.10. The van der Waals surface area contributed by atoms with Crippen LogP contribution in [0.3, 0.4) is 0 Å². The fourth-order valence-electron chi connectivity index (χ4n) is 5.56. The standard InChI is InChI=1S/C28H28N4O3S/c33-27(29-18-8-9-18)24-14-17-12-13-32(23-6-2-1-4-21(23)26(17)36-24)28(34)22-5-3-7-25(30-22)31-15-19-10-11-20(16-31)35-19/h1-7,14,18-20H,8-13,15-16H2,(H,29,33). The van der Waals surface area contributed by atoms with Gasteiger partial charge in [0, 0.05) is 36.1 Å². The van der Waals surface area contributed by atoms with Crippen molar-refractivity contribution in [2.75, 3.05) is 29.4 Å². The molecule has 1 saturated carbocycles. The minimum atomic E-state index is -0.0950. The lowest BCUT2D eigenvalue weighted by Crippen LogP contribution is -2.43. The lowest BCUT2D eigenvalue weighted by Gasteiger charge is -2.33. The smallest absolute Gasteiger partial charge is 0.276 e. The van der Waals surface area contributed by atoms with E-state index in [1.54, 1.807) is 0 Å². The largest absolute Gasteiger partial charge is 0.371 e. The van der Waals surface area contributed by atoms with Crippen LogP contribution in [0.15, 0.2) is 48.5 Å². The molecular weight excluding hydrogens is 472 g/mol. The van der Waals surface area contributed by atoms with Crippen LogP contribution in [0, 0.1) is 0 Å². The summed E-state index contributed by atoms with van der Waals surface area (Å²) in [5.74, 6) is 0.760. The van der Waals surface area contributed by atoms with Gasteiger partial charge in [0.15, 0.2) is 0 Å². The molecule has 0 spiro atoms. The van der Waals surface area contributed by atoms with Gasteiger partial charge in [-0.25, -0.2) is 4.98 Å². The number of para-hydroxylation sites is 1. The van der Waals surface area contributed by atoms with Crippen LogP contribution in [0.4, 0.5) is 11.5 Å². The number of morpholine rings is 1. The Hall–Kier alpha value is -3.23. The van der Waals surface area contributed by atoms with Gasteiger partial charge in [-0.15, -0.1) is 11.3 Å². The summed E-state index contributed by atoms with van der Waals surface area (Å²) < 4.78 is 5.97. The van der Waals surface area contributed by atoms with Crippen molar-refractivity contribution in [1.29, 1.82) is 0 Å². The van der Waals surface area contributed by atoms with E-state index in [0.29, 0.717) is 24.7 Å². The molecule has 3 aromatic rings. The van der Waals surface area contributed by atoms with Gasteiger partial charge >= 0.3 is 0 Å². The molecule has 8 heteroatoms. The minimum Gasteiger partial charge on any atom is -0.371 e. The number of pyridine rings is 1. The van der Waals surface area contributed by atoms with E-state index in [1.165, 1.54) is 11.3 Å². The second-order valence-corrected chi connectivity index (χ2v) is 11.2. The number of thiophene rings is 1. The number of ether oxygens (including phenoxy) is 1. The fourth-order valence-corrected chi connectivity index (χ4v) is 6.71. The Labute approximate surface area is 214 Å². The van der Waals surface area contributed by atoms with Gasteiger partial charge in [0.2, 0.25) is 0 Å². The lowest BCUT2D eigenvalue weighted by molar-refractivity contribution is 0.0302. The Morgan fingerprint density at radius 2 is 1.81 bits per heavy atom. The number of amides is 2. The number of nitrogens with one attached hydrogen (secondary N) is 1. The third-order valence-corrected chi connectivity index (χ3v) is 8.77. The van der Waals surface area contributed by atoms with E-state index in [-0.39, 0.29) is 24.0 Å². The van der Waals surface area contributed by atoms with Gasteiger partial charge in [-0.05, 0) is 61.9 Å². The first-order valence-electron chi connectivity index (χ1n) is 12.8. The summed E-state index contributed by atoms with van der Waals surface area (Å²) in [7, 11) is 0. The van der Waals surface area contributed by atoms with Crippen LogP contribution >= 0.6 is 11.3 Å². The molecule has 2 unspecified atom stereocenters. The number of anilines is 2. The zero-order valence-electron chi connectivity index (χ0n) is 20.0. The van der Waals surface area contributed by atoms with Crippen molar-refractivity contribution in [3.05, 3.63) is 64.7 Å². The molecule has 1 aliphatic carbocycles. The van der Waals surface area contributed by atoms with Gasteiger partial charge in [0.05, 0.1) is 22.8 Å². The molecule has 1 aromatic carbocycles. The van der Waals surface area contributed by atoms with E-state index in [1.807, 2.05) is 53.4 Å². The predicted octanol–water partition coefficient (Wildman–Crippen LogP) is 4.27. The summed E-state index contributed by atoms with van der Waals surface area (Å²) in [4.78, 5) is 37.3. The van der Waals surface area contributed by atoms with E-state index >= 15 is 0 Å². The second kappa shape index (κ2) is 8.71. The highest BCUT2D eigenvalue weighted by Gasteiger charge is 2.35. The minimum absolute atomic E-state index is 0.0125. The average Bonchev–Trinajstić information content (AvgIpc) is 3.56. The van der Waals surface area contributed by atoms with Crippen LogP contribution < -0.4 is 15.1 Å². The third-order valence-electron chi connectivity index (χ3n) is 7.56. The van der Waals surface area contributed by atoms with E-state index in [4.69, 9.17) is 9.72 Å². The van der Waals surface area contributed by atoms with Gasteiger partial charge in [0.25, 0.3) is 11.8 Å².